The molecule has 4 heteroatoms. The monoisotopic (exact) mass is 320 g/mol. The molecule has 1 aliphatic heterocycles. The molecule has 0 spiro atoms. The summed E-state index contributed by atoms with van der Waals surface area (Å²) in [6.45, 7) is 2.63. The minimum atomic E-state index is -0.248. The fourth-order valence-electron chi connectivity index (χ4n) is 2.83. The SMILES string of the molecule is Cc1ccc2cc(OCCCCCC3CB3[O-])ccc2c1.[K+]. The number of unbranched alkanes of at least 4 members (excludes halogenated alkanes) is 2. The van der Waals surface area contributed by atoms with E-state index in [1.54, 1.807) is 0 Å². The van der Waals surface area contributed by atoms with Crippen molar-refractivity contribution in [2.24, 2.45) is 0 Å². The molecule has 0 aromatic heterocycles. The van der Waals surface area contributed by atoms with E-state index < -0.39 is 0 Å². The Hall–Kier alpha value is 0.161. The van der Waals surface area contributed by atoms with E-state index in [0.717, 1.165) is 37.9 Å². The largest absolute Gasteiger partial charge is 1.00 e. The molecule has 0 aliphatic carbocycles. The van der Waals surface area contributed by atoms with Crippen LogP contribution < -0.4 is 61.1 Å². The molecular weight excluding hydrogens is 298 g/mol. The number of ether oxygens (including phenoxy) is 1. The van der Waals surface area contributed by atoms with E-state index in [2.05, 4.69) is 37.3 Å². The Morgan fingerprint density at radius 2 is 1.82 bits per heavy atom. The Bertz CT molecular complexity index is 617. The summed E-state index contributed by atoms with van der Waals surface area (Å²) in [7, 11) is 0. The Morgan fingerprint density at radius 3 is 2.59 bits per heavy atom. The van der Waals surface area contributed by atoms with Gasteiger partial charge in [0, 0.05) is 6.92 Å². The molecule has 1 saturated heterocycles. The third-order valence-corrected chi connectivity index (χ3v) is 4.31. The first-order valence-electron chi connectivity index (χ1n) is 8.01. The maximum Gasteiger partial charge on any atom is 1.00 e. The van der Waals surface area contributed by atoms with Crippen LogP contribution in [0.4, 0.5) is 0 Å². The fraction of sp³-hybridized carbons (Fsp3) is 0.444. The molecule has 1 fully saturated rings. The van der Waals surface area contributed by atoms with Gasteiger partial charge in [-0.2, -0.15) is 0 Å². The van der Waals surface area contributed by atoms with Gasteiger partial charge < -0.3 is 9.76 Å². The van der Waals surface area contributed by atoms with Gasteiger partial charge in [-0.1, -0.05) is 61.2 Å². The van der Waals surface area contributed by atoms with Gasteiger partial charge in [0.2, 0.25) is 0 Å². The molecule has 0 N–H and O–H groups in total. The number of hydrogen-bond donors (Lipinski definition) is 0. The van der Waals surface area contributed by atoms with E-state index in [-0.39, 0.29) is 58.3 Å². The number of benzene rings is 2. The van der Waals surface area contributed by atoms with Crippen LogP contribution in [-0.4, -0.2) is 13.5 Å². The van der Waals surface area contributed by atoms with E-state index in [0.29, 0.717) is 5.82 Å². The van der Waals surface area contributed by atoms with Crippen LogP contribution in [0.1, 0.15) is 31.2 Å². The van der Waals surface area contributed by atoms with Gasteiger partial charge >= 0.3 is 51.4 Å². The average molecular weight is 320 g/mol. The molecule has 0 amide bonds. The number of rotatable bonds is 7. The number of fused-ring (bicyclic) bond motifs is 1. The molecule has 110 valence electrons. The standard InChI is InChI=1S/C18H22BO2.K/c1-14-6-7-16-12-18(9-8-15(16)11-14)21-10-4-2-3-5-17-13-19(17)20;/h6-9,11-12,17H,2-5,10,13H2,1H3;/q-1;+1. The van der Waals surface area contributed by atoms with Crippen LogP contribution in [0.25, 0.3) is 10.8 Å². The van der Waals surface area contributed by atoms with Crippen molar-refractivity contribution >= 4 is 17.7 Å². The van der Waals surface area contributed by atoms with Crippen LogP contribution in [0.2, 0.25) is 12.1 Å². The van der Waals surface area contributed by atoms with E-state index >= 15 is 0 Å². The van der Waals surface area contributed by atoms with Crippen LogP contribution in [0.3, 0.4) is 0 Å². The van der Waals surface area contributed by atoms with E-state index in [1.807, 2.05) is 6.07 Å². The molecule has 0 radical (unpaired) electrons. The molecule has 1 heterocycles. The molecular formula is C18H22BKO2. The second-order valence-corrected chi connectivity index (χ2v) is 6.24. The summed E-state index contributed by atoms with van der Waals surface area (Å²) in [5.41, 5.74) is 1.28. The normalized spacial score (nSPS) is 16.5. The quantitative estimate of drug-likeness (QED) is 0.559. The minimum absolute atomic E-state index is 0. The summed E-state index contributed by atoms with van der Waals surface area (Å²) in [4.78, 5) is 0. The van der Waals surface area contributed by atoms with Crippen LogP contribution >= 0.6 is 0 Å². The Kier molecular flexibility index (Phi) is 7.45. The van der Waals surface area contributed by atoms with Gasteiger partial charge in [0.05, 0.1) is 6.61 Å². The molecule has 22 heavy (non-hydrogen) atoms. The molecule has 2 aromatic rings. The van der Waals surface area contributed by atoms with Gasteiger partial charge in [0.1, 0.15) is 5.75 Å². The first-order valence-corrected chi connectivity index (χ1v) is 8.01. The van der Waals surface area contributed by atoms with Gasteiger partial charge in [0.25, 0.3) is 0 Å². The maximum absolute atomic E-state index is 11.0. The van der Waals surface area contributed by atoms with Crippen molar-refractivity contribution in [2.75, 3.05) is 6.61 Å². The predicted molar refractivity (Wildman–Crippen MR) is 87.0 cm³/mol. The van der Waals surface area contributed by atoms with Crippen molar-refractivity contribution in [2.45, 2.75) is 44.7 Å². The van der Waals surface area contributed by atoms with Crippen molar-refractivity contribution in [3.63, 3.8) is 0 Å². The first-order chi connectivity index (χ1) is 10.2. The second kappa shape index (κ2) is 8.86. The summed E-state index contributed by atoms with van der Waals surface area (Å²) in [6.07, 6.45) is 5.43. The Morgan fingerprint density at radius 1 is 1.09 bits per heavy atom. The molecule has 1 unspecified atom stereocenters. The Labute approximate surface area is 176 Å². The van der Waals surface area contributed by atoms with E-state index in [9.17, 15) is 5.02 Å². The average Bonchev–Trinajstić information content (AvgIpc) is 3.18. The number of hydrogen-bond acceptors (Lipinski definition) is 2. The summed E-state index contributed by atoms with van der Waals surface area (Å²) in [5, 5.41) is 13.5. The molecule has 1 atom stereocenters. The topological polar surface area (TPSA) is 32.3 Å². The minimum Gasteiger partial charge on any atom is -0.879 e. The van der Waals surface area contributed by atoms with Crippen LogP contribution in [0, 0.1) is 6.92 Å². The van der Waals surface area contributed by atoms with E-state index in [1.165, 1.54) is 22.8 Å². The molecule has 3 rings (SSSR count). The zero-order chi connectivity index (χ0) is 14.7. The van der Waals surface area contributed by atoms with E-state index in [4.69, 9.17) is 4.74 Å². The molecule has 2 nitrogen and oxygen atoms in total. The predicted octanol–water partition coefficient (Wildman–Crippen LogP) is 0.827. The maximum atomic E-state index is 11.0. The first kappa shape index (κ1) is 18.5. The van der Waals surface area contributed by atoms with Crippen molar-refractivity contribution in [3.05, 3.63) is 42.0 Å². The molecule has 1 aliphatic rings. The summed E-state index contributed by atoms with van der Waals surface area (Å²) >= 11 is 0. The van der Waals surface area contributed by atoms with Crippen molar-refractivity contribution in [1.82, 2.24) is 0 Å². The van der Waals surface area contributed by atoms with Gasteiger partial charge in [-0.15, -0.1) is 0 Å². The van der Waals surface area contributed by atoms with Gasteiger partial charge in [0.15, 0.2) is 0 Å². The number of aryl methyl sites for hydroxylation is 1. The van der Waals surface area contributed by atoms with Crippen LogP contribution in [0.5, 0.6) is 5.75 Å². The zero-order valence-electron chi connectivity index (χ0n) is 13.7. The van der Waals surface area contributed by atoms with Gasteiger partial charge in [-0.05, 0) is 36.2 Å². The smallest absolute Gasteiger partial charge is 0.879 e. The van der Waals surface area contributed by atoms with Crippen molar-refractivity contribution in [1.29, 1.82) is 0 Å². The molecule has 0 saturated carbocycles. The van der Waals surface area contributed by atoms with Gasteiger partial charge in [-0.3, -0.25) is 0 Å². The van der Waals surface area contributed by atoms with Gasteiger partial charge in [-0.25, -0.2) is 0 Å². The summed E-state index contributed by atoms with van der Waals surface area (Å²) in [5.74, 6) is 1.43. The zero-order valence-corrected chi connectivity index (χ0v) is 16.8. The molecule has 2 aromatic carbocycles. The summed E-state index contributed by atoms with van der Waals surface area (Å²) in [6, 6.07) is 12.8. The van der Waals surface area contributed by atoms with Crippen LogP contribution in [0.15, 0.2) is 36.4 Å². The second-order valence-electron chi connectivity index (χ2n) is 6.24. The Balaban J connectivity index is 0.00000176. The third-order valence-electron chi connectivity index (χ3n) is 4.31. The van der Waals surface area contributed by atoms with Crippen LogP contribution in [-0.2, 0) is 0 Å². The summed E-state index contributed by atoms with van der Waals surface area (Å²) < 4.78 is 5.83. The van der Waals surface area contributed by atoms with Crippen molar-refractivity contribution in [3.8, 4) is 5.75 Å². The molecule has 0 bridgehead atoms. The fourth-order valence-corrected chi connectivity index (χ4v) is 2.83. The third kappa shape index (κ3) is 5.36. The van der Waals surface area contributed by atoms with Crippen molar-refractivity contribution < 1.29 is 61.1 Å².